The maximum absolute atomic E-state index is 12.8. The Labute approximate surface area is 212 Å². The number of benzene rings is 4. The van der Waals surface area contributed by atoms with Gasteiger partial charge in [0.25, 0.3) is 5.91 Å². The number of amides is 1. The third-order valence-electron chi connectivity index (χ3n) is 5.91. The third kappa shape index (κ3) is 4.37. The summed E-state index contributed by atoms with van der Waals surface area (Å²) in [6.07, 6.45) is 0. The van der Waals surface area contributed by atoms with Crippen LogP contribution in [0.4, 0.5) is 5.69 Å². The van der Waals surface area contributed by atoms with Crippen molar-refractivity contribution in [3.05, 3.63) is 119 Å². The molecule has 6 rings (SSSR count). The second-order valence-corrected chi connectivity index (χ2v) is 8.20. The van der Waals surface area contributed by atoms with E-state index in [1.807, 2.05) is 66.7 Å². The minimum Gasteiger partial charge on any atom is -0.422 e. The zero-order valence-electron chi connectivity index (χ0n) is 18.9. The van der Waals surface area contributed by atoms with Gasteiger partial charge in [-0.1, -0.05) is 42.5 Å². The van der Waals surface area contributed by atoms with Gasteiger partial charge in [-0.2, -0.15) is 0 Å². The molecule has 2 heterocycles. The van der Waals surface area contributed by atoms with Crippen LogP contribution < -0.4 is 10.9 Å². The number of nitrogens with one attached hydrogen (secondary N) is 2. The molecule has 1 amide bonds. The number of aromatic amines is 1. The van der Waals surface area contributed by atoms with E-state index < -0.39 is 5.63 Å². The maximum atomic E-state index is 12.8. The largest absolute Gasteiger partial charge is 0.422 e. The summed E-state index contributed by atoms with van der Waals surface area (Å²) in [5.74, 6) is 0.538. The van der Waals surface area contributed by atoms with Crippen LogP contribution in [0.2, 0.25) is 0 Å². The molecule has 7 heteroatoms. The van der Waals surface area contributed by atoms with Gasteiger partial charge in [0.05, 0.1) is 16.6 Å². The van der Waals surface area contributed by atoms with E-state index in [0.717, 1.165) is 27.8 Å². The van der Waals surface area contributed by atoms with Crippen LogP contribution in [0.1, 0.15) is 10.4 Å². The molecule has 0 radical (unpaired) electrons. The van der Waals surface area contributed by atoms with Crippen molar-refractivity contribution in [3.8, 4) is 22.5 Å². The Hall–Kier alpha value is -4.68. The number of H-pyrrole nitrogens is 1. The lowest BCUT2D eigenvalue weighted by molar-refractivity contribution is 0.102. The van der Waals surface area contributed by atoms with Gasteiger partial charge in [-0.05, 0) is 66.2 Å². The number of carbonyl (C=O) groups excluding carboxylic acids is 1. The maximum Gasteiger partial charge on any atom is 0.344 e. The van der Waals surface area contributed by atoms with E-state index in [0.29, 0.717) is 28.0 Å². The zero-order valence-corrected chi connectivity index (χ0v) is 19.7. The van der Waals surface area contributed by atoms with Crippen molar-refractivity contribution in [2.24, 2.45) is 0 Å². The van der Waals surface area contributed by atoms with Gasteiger partial charge in [0, 0.05) is 22.2 Å². The molecule has 0 unspecified atom stereocenters. The van der Waals surface area contributed by atoms with Crippen LogP contribution in [-0.2, 0) is 0 Å². The predicted octanol–water partition coefficient (Wildman–Crippen LogP) is 6.68. The highest BCUT2D eigenvalue weighted by molar-refractivity contribution is 6.04. The molecule has 6 nitrogen and oxygen atoms in total. The van der Waals surface area contributed by atoms with E-state index >= 15 is 0 Å². The average Bonchev–Trinajstić information content (AvgIpc) is 3.33. The van der Waals surface area contributed by atoms with Gasteiger partial charge in [0.1, 0.15) is 11.4 Å². The number of hydrogen-bond donors (Lipinski definition) is 2. The van der Waals surface area contributed by atoms with E-state index in [2.05, 4.69) is 15.3 Å². The molecular weight excluding hydrogens is 474 g/mol. The summed E-state index contributed by atoms with van der Waals surface area (Å²) in [5, 5.41) is 3.75. The van der Waals surface area contributed by atoms with Crippen LogP contribution in [0.25, 0.3) is 44.5 Å². The number of para-hydroxylation sites is 3. The SMILES string of the molecule is Cl.O=C(Nc1ccc(-c2nc3ccccc3[nH]2)cc1)c1ccc(-c2cc3ccccc3oc2=O)cc1. The quantitative estimate of drug-likeness (QED) is 0.268. The van der Waals surface area contributed by atoms with Gasteiger partial charge in [-0.3, -0.25) is 4.79 Å². The molecule has 6 aromatic rings. The number of carbonyl (C=O) groups is 1. The molecule has 36 heavy (non-hydrogen) atoms. The van der Waals surface area contributed by atoms with E-state index in [1.165, 1.54) is 0 Å². The molecule has 2 N–H and O–H groups in total. The molecule has 176 valence electrons. The minimum atomic E-state index is -0.412. The van der Waals surface area contributed by atoms with Crippen molar-refractivity contribution in [1.29, 1.82) is 0 Å². The van der Waals surface area contributed by atoms with Gasteiger partial charge in [-0.15, -0.1) is 12.4 Å². The van der Waals surface area contributed by atoms with Crippen molar-refractivity contribution >= 4 is 46.0 Å². The number of rotatable bonds is 4. The molecular formula is C29H20ClN3O3. The Kier molecular flexibility index (Phi) is 6.10. The highest BCUT2D eigenvalue weighted by atomic mass is 35.5. The lowest BCUT2D eigenvalue weighted by Crippen LogP contribution is -2.11. The Morgan fingerprint density at radius 2 is 1.50 bits per heavy atom. The first-order chi connectivity index (χ1) is 17.1. The van der Waals surface area contributed by atoms with Crippen molar-refractivity contribution in [1.82, 2.24) is 9.97 Å². The third-order valence-corrected chi connectivity index (χ3v) is 5.91. The van der Waals surface area contributed by atoms with E-state index in [9.17, 15) is 9.59 Å². The van der Waals surface area contributed by atoms with Crippen LogP contribution in [0.15, 0.2) is 112 Å². The van der Waals surface area contributed by atoms with Gasteiger partial charge >= 0.3 is 5.63 Å². The van der Waals surface area contributed by atoms with E-state index in [-0.39, 0.29) is 18.3 Å². The first-order valence-corrected chi connectivity index (χ1v) is 11.1. The first-order valence-electron chi connectivity index (χ1n) is 11.1. The predicted molar refractivity (Wildman–Crippen MR) is 145 cm³/mol. The first kappa shape index (κ1) is 23.1. The molecule has 0 aliphatic carbocycles. The second kappa shape index (κ2) is 9.52. The standard InChI is InChI=1S/C29H19N3O3.ClH/c33-28(30-22-15-13-19(14-16-22)27-31-24-6-2-3-7-25(24)32-27)20-11-9-18(10-12-20)23-17-21-5-1-4-8-26(21)35-29(23)34;/h1-17H,(H,30,33)(H,31,32);1H. The number of hydrogen-bond acceptors (Lipinski definition) is 4. The second-order valence-electron chi connectivity index (χ2n) is 8.20. The van der Waals surface area contributed by atoms with Crippen molar-refractivity contribution < 1.29 is 9.21 Å². The summed E-state index contributed by atoms with van der Waals surface area (Å²) in [5.41, 5.74) is 5.25. The van der Waals surface area contributed by atoms with Crippen molar-refractivity contribution in [2.45, 2.75) is 0 Å². The average molecular weight is 494 g/mol. The molecule has 0 fully saturated rings. The Morgan fingerprint density at radius 3 is 2.28 bits per heavy atom. The smallest absolute Gasteiger partial charge is 0.344 e. The van der Waals surface area contributed by atoms with Crippen molar-refractivity contribution in [2.75, 3.05) is 5.32 Å². The Morgan fingerprint density at radius 1 is 0.806 bits per heavy atom. The molecule has 0 saturated heterocycles. The van der Waals surface area contributed by atoms with Crippen LogP contribution in [0, 0.1) is 0 Å². The van der Waals surface area contributed by atoms with E-state index in [4.69, 9.17) is 4.42 Å². The summed E-state index contributed by atoms with van der Waals surface area (Å²) in [4.78, 5) is 33.1. The number of imidazole rings is 1. The lowest BCUT2D eigenvalue weighted by atomic mass is 10.0. The summed E-state index contributed by atoms with van der Waals surface area (Å²) >= 11 is 0. The fourth-order valence-corrected chi connectivity index (χ4v) is 4.07. The molecule has 0 aliphatic rings. The lowest BCUT2D eigenvalue weighted by Gasteiger charge is -2.07. The molecule has 0 atom stereocenters. The fraction of sp³-hybridized carbons (Fsp3) is 0. The minimum absolute atomic E-state index is 0. The molecule has 2 aromatic heterocycles. The number of nitrogens with zero attached hydrogens (tertiary/aromatic N) is 1. The van der Waals surface area contributed by atoms with Crippen LogP contribution in [0.3, 0.4) is 0 Å². The van der Waals surface area contributed by atoms with Gasteiger partial charge in [0.2, 0.25) is 0 Å². The highest BCUT2D eigenvalue weighted by Crippen LogP contribution is 2.24. The van der Waals surface area contributed by atoms with Crippen LogP contribution in [0.5, 0.6) is 0 Å². The number of halogens is 1. The molecule has 0 saturated carbocycles. The van der Waals surface area contributed by atoms with Crippen LogP contribution >= 0.6 is 12.4 Å². The number of fused-ring (bicyclic) bond motifs is 2. The van der Waals surface area contributed by atoms with Gasteiger partial charge < -0.3 is 14.7 Å². The van der Waals surface area contributed by atoms with Crippen LogP contribution in [-0.4, -0.2) is 15.9 Å². The Bertz CT molecular complexity index is 1720. The zero-order chi connectivity index (χ0) is 23.8. The van der Waals surface area contributed by atoms with Gasteiger partial charge in [-0.25, -0.2) is 9.78 Å². The monoisotopic (exact) mass is 493 g/mol. The summed E-state index contributed by atoms with van der Waals surface area (Å²) in [6.45, 7) is 0. The Balaban J connectivity index is 0.00000267. The van der Waals surface area contributed by atoms with Crippen molar-refractivity contribution in [3.63, 3.8) is 0 Å². The summed E-state index contributed by atoms with van der Waals surface area (Å²) < 4.78 is 5.42. The molecule has 0 spiro atoms. The van der Waals surface area contributed by atoms with Gasteiger partial charge in [0.15, 0.2) is 0 Å². The molecule has 0 bridgehead atoms. The number of anilines is 1. The summed E-state index contributed by atoms with van der Waals surface area (Å²) in [6, 6.07) is 31.4. The molecule has 4 aromatic carbocycles. The highest BCUT2D eigenvalue weighted by Gasteiger charge is 2.11. The fourth-order valence-electron chi connectivity index (χ4n) is 4.07. The molecule has 0 aliphatic heterocycles. The normalized spacial score (nSPS) is 10.8. The topological polar surface area (TPSA) is 88.0 Å². The van der Waals surface area contributed by atoms with E-state index in [1.54, 1.807) is 36.4 Å². The summed E-state index contributed by atoms with van der Waals surface area (Å²) in [7, 11) is 0. The number of aromatic nitrogens is 2.